The number of nitrogens with one attached hydrogen (secondary N) is 1. The number of pyridine rings is 1. The Balaban J connectivity index is 2.78. The van der Waals surface area contributed by atoms with Crippen molar-refractivity contribution in [3.63, 3.8) is 0 Å². The lowest BCUT2D eigenvalue weighted by molar-refractivity contribution is 0.799. The van der Waals surface area contributed by atoms with Crippen LogP contribution >= 0.6 is 11.8 Å². The van der Waals surface area contributed by atoms with Crippen LogP contribution in [0, 0.1) is 0 Å². The minimum Gasteiger partial charge on any atom is -0.308 e. The quantitative estimate of drug-likeness (QED) is 0.434. The van der Waals surface area contributed by atoms with Crippen LogP contribution in [0.3, 0.4) is 0 Å². The number of nitrogens with two attached hydrogens (primary N) is 1. The summed E-state index contributed by atoms with van der Waals surface area (Å²) in [6.45, 7) is 6.46. The van der Waals surface area contributed by atoms with E-state index in [1.54, 1.807) is 11.8 Å². The lowest BCUT2D eigenvalue weighted by atomic mass is 10.3. The highest BCUT2D eigenvalue weighted by Crippen LogP contribution is 2.30. The molecule has 0 saturated heterocycles. The minimum atomic E-state index is 0.181. The maximum atomic E-state index is 5.26. The van der Waals surface area contributed by atoms with Crippen molar-refractivity contribution in [2.75, 3.05) is 5.43 Å². The Bertz CT molecular complexity index is 280. The molecule has 0 spiro atoms. The predicted molar refractivity (Wildman–Crippen MR) is 57.7 cm³/mol. The number of hydrazine groups is 1. The summed E-state index contributed by atoms with van der Waals surface area (Å²) in [5.41, 5.74) is 2.53. The summed E-state index contributed by atoms with van der Waals surface area (Å²) in [4.78, 5) is 4.30. The zero-order valence-corrected chi connectivity index (χ0v) is 8.98. The first-order chi connectivity index (χ1) is 6.01. The monoisotopic (exact) mass is 197 g/mol. The molecule has 1 aromatic heterocycles. The largest absolute Gasteiger partial charge is 0.308 e. The molecule has 0 amide bonds. The highest BCUT2D eigenvalue weighted by atomic mass is 32.2. The second-order valence-electron chi connectivity index (χ2n) is 3.72. The van der Waals surface area contributed by atoms with Gasteiger partial charge in [-0.15, -0.1) is 11.8 Å². The molecule has 3 nitrogen and oxygen atoms in total. The zero-order valence-electron chi connectivity index (χ0n) is 8.16. The molecule has 13 heavy (non-hydrogen) atoms. The van der Waals surface area contributed by atoms with E-state index in [9.17, 15) is 0 Å². The molecular weight excluding hydrogens is 182 g/mol. The van der Waals surface area contributed by atoms with Crippen LogP contribution in [0.2, 0.25) is 0 Å². The summed E-state index contributed by atoms with van der Waals surface area (Å²) in [5.74, 6) is 5.96. The van der Waals surface area contributed by atoms with Crippen LogP contribution in [0.15, 0.2) is 23.2 Å². The van der Waals surface area contributed by atoms with Crippen LogP contribution in [-0.4, -0.2) is 9.73 Å². The SMILES string of the molecule is CC(C)(C)Sc1cccc(NN)n1. The summed E-state index contributed by atoms with van der Waals surface area (Å²) in [5, 5.41) is 0.989. The second-order valence-corrected chi connectivity index (χ2v) is 5.57. The van der Waals surface area contributed by atoms with Crippen LogP contribution in [0.25, 0.3) is 0 Å². The Kier molecular flexibility index (Phi) is 3.17. The summed E-state index contributed by atoms with van der Waals surface area (Å²) in [6, 6.07) is 5.76. The van der Waals surface area contributed by atoms with Gasteiger partial charge in [-0.1, -0.05) is 26.8 Å². The number of thioether (sulfide) groups is 1. The van der Waals surface area contributed by atoms with Gasteiger partial charge in [0.15, 0.2) is 0 Å². The molecule has 0 radical (unpaired) electrons. The molecule has 0 aliphatic rings. The average Bonchev–Trinajstić information content (AvgIpc) is 2.01. The Morgan fingerprint density at radius 2 is 2.08 bits per heavy atom. The Hall–Kier alpha value is -0.740. The van der Waals surface area contributed by atoms with Gasteiger partial charge in [0.2, 0.25) is 0 Å². The van der Waals surface area contributed by atoms with Crippen molar-refractivity contribution in [3.8, 4) is 0 Å². The van der Waals surface area contributed by atoms with Gasteiger partial charge in [-0.2, -0.15) is 0 Å². The first-order valence-corrected chi connectivity index (χ1v) is 4.95. The maximum absolute atomic E-state index is 5.26. The van der Waals surface area contributed by atoms with Crippen LogP contribution in [-0.2, 0) is 0 Å². The van der Waals surface area contributed by atoms with Crippen LogP contribution in [0.1, 0.15) is 20.8 Å². The number of hydrogen-bond donors (Lipinski definition) is 2. The number of nitrogen functional groups attached to an aromatic ring is 1. The van der Waals surface area contributed by atoms with Gasteiger partial charge in [0.25, 0.3) is 0 Å². The topological polar surface area (TPSA) is 50.9 Å². The number of nitrogens with zero attached hydrogens (tertiary/aromatic N) is 1. The van der Waals surface area contributed by atoms with E-state index in [4.69, 9.17) is 5.84 Å². The lowest BCUT2D eigenvalue weighted by Gasteiger charge is -2.16. The van der Waals surface area contributed by atoms with Crippen molar-refractivity contribution in [2.45, 2.75) is 30.5 Å². The molecule has 0 aromatic carbocycles. The normalized spacial score (nSPS) is 11.4. The van der Waals surface area contributed by atoms with Gasteiger partial charge in [-0.05, 0) is 12.1 Å². The van der Waals surface area contributed by atoms with E-state index < -0.39 is 0 Å². The number of rotatable bonds is 2. The number of anilines is 1. The van der Waals surface area contributed by atoms with Gasteiger partial charge in [-0.3, -0.25) is 0 Å². The van der Waals surface area contributed by atoms with Gasteiger partial charge >= 0.3 is 0 Å². The molecule has 1 rings (SSSR count). The fraction of sp³-hybridized carbons (Fsp3) is 0.444. The molecule has 0 aliphatic carbocycles. The molecule has 0 saturated carbocycles. The third-order valence-electron chi connectivity index (χ3n) is 1.28. The standard InChI is InChI=1S/C9H15N3S/c1-9(2,3)13-8-6-4-5-7(11-8)12-10/h4-6H,10H2,1-3H3,(H,11,12). The second kappa shape index (κ2) is 3.98. The smallest absolute Gasteiger partial charge is 0.141 e. The highest BCUT2D eigenvalue weighted by molar-refractivity contribution is 8.00. The molecular formula is C9H15N3S. The van der Waals surface area contributed by atoms with Crippen LogP contribution in [0.4, 0.5) is 5.82 Å². The predicted octanol–water partition coefficient (Wildman–Crippen LogP) is 2.26. The van der Waals surface area contributed by atoms with E-state index in [1.807, 2.05) is 18.2 Å². The molecule has 4 heteroatoms. The Morgan fingerprint density at radius 1 is 1.38 bits per heavy atom. The van der Waals surface area contributed by atoms with Gasteiger partial charge in [0.1, 0.15) is 5.82 Å². The van der Waals surface area contributed by atoms with Crippen molar-refractivity contribution in [1.29, 1.82) is 0 Å². The van der Waals surface area contributed by atoms with Gasteiger partial charge < -0.3 is 5.43 Å². The molecule has 0 atom stereocenters. The van der Waals surface area contributed by atoms with Crippen molar-refractivity contribution < 1.29 is 0 Å². The van der Waals surface area contributed by atoms with Gasteiger partial charge in [0, 0.05) is 4.75 Å². The fourth-order valence-electron chi connectivity index (χ4n) is 0.866. The molecule has 1 heterocycles. The van der Waals surface area contributed by atoms with E-state index in [0.717, 1.165) is 5.03 Å². The molecule has 0 unspecified atom stereocenters. The van der Waals surface area contributed by atoms with E-state index in [0.29, 0.717) is 5.82 Å². The van der Waals surface area contributed by atoms with Crippen molar-refractivity contribution >= 4 is 17.6 Å². The highest BCUT2D eigenvalue weighted by Gasteiger charge is 2.12. The summed E-state index contributed by atoms with van der Waals surface area (Å²) < 4.78 is 0.181. The summed E-state index contributed by atoms with van der Waals surface area (Å²) in [6.07, 6.45) is 0. The number of hydrogen-bond acceptors (Lipinski definition) is 4. The maximum Gasteiger partial charge on any atom is 0.141 e. The molecule has 0 bridgehead atoms. The lowest BCUT2D eigenvalue weighted by Crippen LogP contribution is -2.10. The first-order valence-electron chi connectivity index (χ1n) is 4.14. The van der Waals surface area contributed by atoms with E-state index in [1.165, 1.54) is 0 Å². The van der Waals surface area contributed by atoms with E-state index >= 15 is 0 Å². The molecule has 0 aliphatic heterocycles. The number of aromatic nitrogens is 1. The first kappa shape index (κ1) is 10.3. The minimum absolute atomic E-state index is 0.181. The molecule has 72 valence electrons. The van der Waals surface area contributed by atoms with E-state index in [2.05, 4.69) is 31.2 Å². The fourth-order valence-corrected chi connectivity index (χ4v) is 1.78. The summed E-state index contributed by atoms with van der Waals surface area (Å²) >= 11 is 1.72. The summed E-state index contributed by atoms with van der Waals surface area (Å²) in [7, 11) is 0. The van der Waals surface area contributed by atoms with Crippen molar-refractivity contribution in [2.24, 2.45) is 5.84 Å². The molecule has 0 fully saturated rings. The van der Waals surface area contributed by atoms with Crippen molar-refractivity contribution in [3.05, 3.63) is 18.2 Å². The zero-order chi connectivity index (χ0) is 9.90. The van der Waals surface area contributed by atoms with Gasteiger partial charge in [0.05, 0.1) is 5.03 Å². The molecule has 1 aromatic rings. The third kappa shape index (κ3) is 3.65. The van der Waals surface area contributed by atoms with Crippen molar-refractivity contribution in [1.82, 2.24) is 4.98 Å². The third-order valence-corrected chi connectivity index (χ3v) is 2.33. The van der Waals surface area contributed by atoms with E-state index in [-0.39, 0.29) is 4.75 Å². The Morgan fingerprint density at radius 3 is 2.62 bits per heavy atom. The van der Waals surface area contributed by atoms with Gasteiger partial charge in [-0.25, -0.2) is 10.8 Å². The van der Waals surface area contributed by atoms with Crippen LogP contribution in [0.5, 0.6) is 0 Å². The average molecular weight is 197 g/mol. The Labute approximate surface area is 83.1 Å². The van der Waals surface area contributed by atoms with Crippen LogP contribution < -0.4 is 11.3 Å². The molecule has 3 N–H and O–H groups in total.